The summed E-state index contributed by atoms with van der Waals surface area (Å²) in [5.74, 6) is -0.935. The number of esters is 3. The third kappa shape index (κ3) is 47.6. The van der Waals surface area contributed by atoms with Crippen LogP contribution < -0.4 is 0 Å². The minimum Gasteiger partial charge on any atom is -0.462 e. The molecule has 0 fully saturated rings. The minimum absolute atomic E-state index is 0.0923. The van der Waals surface area contributed by atoms with Gasteiger partial charge in [-0.1, -0.05) is 215 Å². The van der Waals surface area contributed by atoms with Crippen LogP contribution in [0, 0.1) is 0 Å². The Balaban J connectivity index is 4.38. The molecular formula is C56H94O6. The fraction of sp³-hybridized carbons (Fsp3) is 0.696. The molecule has 0 saturated heterocycles. The fourth-order valence-corrected chi connectivity index (χ4v) is 6.84. The van der Waals surface area contributed by atoms with Gasteiger partial charge in [0.1, 0.15) is 13.2 Å². The maximum Gasteiger partial charge on any atom is 0.306 e. The van der Waals surface area contributed by atoms with Crippen molar-refractivity contribution in [3.8, 4) is 0 Å². The molecular weight excluding hydrogens is 769 g/mol. The van der Waals surface area contributed by atoms with Crippen molar-refractivity contribution in [2.45, 2.75) is 239 Å². The summed E-state index contributed by atoms with van der Waals surface area (Å²) in [6, 6.07) is 0. The van der Waals surface area contributed by atoms with Crippen LogP contribution in [0.25, 0.3) is 0 Å². The quantitative estimate of drug-likeness (QED) is 0.0199. The third-order valence-electron chi connectivity index (χ3n) is 10.7. The van der Waals surface area contributed by atoms with E-state index in [1.165, 1.54) is 89.9 Å². The van der Waals surface area contributed by atoms with E-state index in [2.05, 4.69) is 87.6 Å². The van der Waals surface area contributed by atoms with Crippen LogP contribution in [0.1, 0.15) is 233 Å². The first-order chi connectivity index (χ1) is 30.5. The van der Waals surface area contributed by atoms with Gasteiger partial charge in [0.05, 0.1) is 0 Å². The van der Waals surface area contributed by atoms with E-state index in [-0.39, 0.29) is 31.1 Å². The molecule has 0 aliphatic carbocycles. The molecule has 0 amide bonds. The first-order valence-corrected chi connectivity index (χ1v) is 25.7. The lowest BCUT2D eigenvalue weighted by molar-refractivity contribution is -0.167. The highest BCUT2D eigenvalue weighted by molar-refractivity contribution is 5.71. The van der Waals surface area contributed by atoms with E-state index in [9.17, 15) is 14.4 Å². The van der Waals surface area contributed by atoms with E-state index >= 15 is 0 Å². The SMILES string of the molecule is CC\C=C/C=C\C=C/C=C\CCCCCCCC(=O)OC(COC(=O)CCCCCC/C=C\CCCC)COC(=O)CCCCCCCCCCCC/C=C\C=C/CCCCC. The average Bonchev–Trinajstić information content (AvgIpc) is 3.27. The number of ether oxygens (including phenoxy) is 3. The molecule has 1 unspecified atom stereocenters. The Bertz CT molecular complexity index is 1220. The van der Waals surface area contributed by atoms with Gasteiger partial charge in [-0.25, -0.2) is 0 Å². The molecule has 0 heterocycles. The molecule has 0 N–H and O–H groups in total. The van der Waals surface area contributed by atoms with Crippen molar-refractivity contribution in [1.29, 1.82) is 0 Å². The summed E-state index contributed by atoms with van der Waals surface area (Å²) in [4.78, 5) is 37.9. The van der Waals surface area contributed by atoms with Gasteiger partial charge in [0, 0.05) is 19.3 Å². The molecule has 6 nitrogen and oxygen atoms in total. The Labute approximate surface area is 382 Å². The van der Waals surface area contributed by atoms with Crippen molar-refractivity contribution < 1.29 is 28.6 Å². The molecule has 0 aliphatic heterocycles. The molecule has 0 radical (unpaired) electrons. The van der Waals surface area contributed by atoms with Gasteiger partial charge in [0.25, 0.3) is 0 Å². The summed E-state index contributed by atoms with van der Waals surface area (Å²) in [5.41, 5.74) is 0. The molecule has 6 heteroatoms. The Hall–Kier alpha value is -3.41. The van der Waals surface area contributed by atoms with Crippen LogP contribution in [0.15, 0.2) is 85.1 Å². The highest BCUT2D eigenvalue weighted by Gasteiger charge is 2.19. The molecule has 0 saturated carbocycles. The topological polar surface area (TPSA) is 78.9 Å². The van der Waals surface area contributed by atoms with E-state index in [1.807, 2.05) is 18.2 Å². The first-order valence-electron chi connectivity index (χ1n) is 25.7. The predicted octanol–water partition coefficient (Wildman–Crippen LogP) is 16.8. The number of allylic oxidation sites excluding steroid dienone is 14. The Morgan fingerprint density at radius 2 is 0.661 bits per heavy atom. The van der Waals surface area contributed by atoms with Crippen LogP contribution in [0.3, 0.4) is 0 Å². The van der Waals surface area contributed by atoms with Crippen molar-refractivity contribution in [2.24, 2.45) is 0 Å². The number of unbranched alkanes of at least 4 members (excludes halogenated alkanes) is 24. The average molecular weight is 863 g/mol. The third-order valence-corrected chi connectivity index (χ3v) is 10.7. The number of rotatable bonds is 45. The summed E-state index contributed by atoms with van der Waals surface area (Å²) in [5, 5.41) is 0. The minimum atomic E-state index is -0.794. The highest BCUT2D eigenvalue weighted by atomic mass is 16.6. The van der Waals surface area contributed by atoms with Gasteiger partial charge in [-0.05, 0) is 83.5 Å². The fourth-order valence-electron chi connectivity index (χ4n) is 6.84. The van der Waals surface area contributed by atoms with Crippen molar-refractivity contribution in [3.63, 3.8) is 0 Å². The lowest BCUT2D eigenvalue weighted by atomic mass is 10.1. The normalized spacial score (nSPS) is 12.8. The van der Waals surface area contributed by atoms with Crippen LogP contribution in [-0.4, -0.2) is 37.2 Å². The Morgan fingerprint density at radius 1 is 0.339 bits per heavy atom. The van der Waals surface area contributed by atoms with Crippen LogP contribution in [0.4, 0.5) is 0 Å². The maximum absolute atomic E-state index is 12.8. The summed E-state index contributed by atoms with van der Waals surface area (Å²) < 4.78 is 16.7. The zero-order chi connectivity index (χ0) is 45.1. The summed E-state index contributed by atoms with van der Waals surface area (Å²) in [6.07, 6.45) is 64.2. The molecule has 0 aromatic heterocycles. The van der Waals surface area contributed by atoms with Crippen LogP contribution in [0.2, 0.25) is 0 Å². The van der Waals surface area contributed by atoms with Gasteiger partial charge in [0.2, 0.25) is 0 Å². The van der Waals surface area contributed by atoms with Crippen LogP contribution in [-0.2, 0) is 28.6 Å². The van der Waals surface area contributed by atoms with E-state index in [1.54, 1.807) is 0 Å². The number of hydrogen-bond donors (Lipinski definition) is 0. The molecule has 0 rings (SSSR count). The second-order valence-corrected chi connectivity index (χ2v) is 16.8. The molecule has 0 aromatic carbocycles. The van der Waals surface area contributed by atoms with Crippen molar-refractivity contribution in [1.82, 2.24) is 0 Å². The molecule has 354 valence electrons. The molecule has 62 heavy (non-hydrogen) atoms. The number of carbonyl (C=O) groups is 3. The van der Waals surface area contributed by atoms with Crippen molar-refractivity contribution in [3.05, 3.63) is 85.1 Å². The Kier molecular flexibility index (Phi) is 47.5. The van der Waals surface area contributed by atoms with E-state index in [4.69, 9.17) is 14.2 Å². The van der Waals surface area contributed by atoms with E-state index < -0.39 is 6.10 Å². The highest BCUT2D eigenvalue weighted by Crippen LogP contribution is 2.14. The zero-order valence-electron chi connectivity index (χ0n) is 40.4. The van der Waals surface area contributed by atoms with Gasteiger partial charge in [-0.3, -0.25) is 14.4 Å². The predicted molar refractivity (Wildman–Crippen MR) is 265 cm³/mol. The standard InChI is InChI=1S/C56H94O6/c1-4-7-10-13-16-19-22-24-26-27-28-29-31-32-34-37-40-43-46-49-55(58)61-52-53(51-60-54(57)48-45-42-39-36-21-18-15-12-9-6-3)62-56(59)50-47-44-41-38-35-33-30-25-23-20-17-14-11-8-5-2/h8,11,14-20,22-25,30,53H,4-7,9-10,12-13,21,26-29,31-52H2,1-3H3/b11-8-,17-14-,18-15-,19-16-,23-20-,24-22-,30-25-. The van der Waals surface area contributed by atoms with Gasteiger partial charge < -0.3 is 14.2 Å². The van der Waals surface area contributed by atoms with Gasteiger partial charge in [0.15, 0.2) is 6.10 Å². The first kappa shape index (κ1) is 58.6. The molecule has 0 aliphatic rings. The van der Waals surface area contributed by atoms with Crippen LogP contribution in [0.5, 0.6) is 0 Å². The molecule has 0 bridgehead atoms. The van der Waals surface area contributed by atoms with Gasteiger partial charge in [-0.15, -0.1) is 0 Å². The van der Waals surface area contributed by atoms with E-state index in [0.29, 0.717) is 19.3 Å². The van der Waals surface area contributed by atoms with Gasteiger partial charge >= 0.3 is 17.9 Å². The maximum atomic E-state index is 12.8. The largest absolute Gasteiger partial charge is 0.462 e. The number of carbonyl (C=O) groups excluding carboxylic acids is 3. The van der Waals surface area contributed by atoms with Crippen LogP contribution >= 0.6 is 0 Å². The summed E-state index contributed by atoms with van der Waals surface area (Å²) >= 11 is 0. The lowest BCUT2D eigenvalue weighted by Crippen LogP contribution is -2.30. The Morgan fingerprint density at radius 3 is 1.10 bits per heavy atom. The monoisotopic (exact) mass is 863 g/mol. The summed E-state index contributed by atoms with van der Waals surface area (Å²) in [7, 11) is 0. The summed E-state index contributed by atoms with van der Waals surface area (Å²) in [6.45, 7) is 6.39. The number of hydrogen-bond acceptors (Lipinski definition) is 6. The smallest absolute Gasteiger partial charge is 0.306 e. The van der Waals surface area contributed by atoms with Gasteiger partial charge in [-0.2, -0.15) is 0 Å². The second kappa shape index (κ2) is 50.2. The molecule has 0 spiro atoms. The molecule has 1 atom stereocenters. The van der Waals surface area contributed by atoms with E-state index in [0.717, 1.165) is 103 Å². The second-order valence-electron chi connectivity index (χ2n) is 16.8. The van der Waals surface area contributed by atoms with Crippen molar-refractivity contribution in [2.75, 3.05) is 13.2 Å². The van der Waals surface area contributed by atoms with Crippen molar-refractivity contribution >= 4 is 17.9 Å². The zero-order valence-corrected chi connectivity index (χ0v) is 40.4. The molecule has 0 aromatic rings. The lowest BCUT2D eigenvalue weighted by Gasteiger charge is -2.18.